The van der Waals surface area contributed by atoms with Crippen LogP contribution in [0.4, 0.5) is 4.39 Å². The van der Waals surface area contributed by atoms with E-state index in [0.717, 1.165) is 23.4 Å². The number of carbonyl (C=O) groups is 1. The normalized spacial score (nSPS) is 16.9. The number of hydrogen-bond acceptors (Lipinski definition) is 3. The lowest BCUT2D eigenvalue weighted by atomic mass is 9.98. The van der Waals surface area contributed by atoms with Gasteiger partial charge >= 0.3 is 0 Å². The Balaban J connectivity index is 1.96. The Morgan fingerprint density at radius 3 is 2.77 bits per heavy atom. The first kappa shape index (κ1) is 18.5. The molecule has 136 valence electrons. The number of nitrogens with zero attached hydrogens (tertiary/aromatic N) is 3. The van der Waals surface area contributed by atoms with Crippen molar-refractivity contribution in [1.29, 1.82) is 0 Å². The highest BCUT2D eigenvalue weighted by Crippen LogP contribution is 2.34. The lowest BCUT2D eigenvalue weighted by Crippen LogP contribution is -2.36. The molecule has 2 aromatic carbocycles. The van der Waals surface area contributed by atoms with Gasteiger partial charge in [0.1, 0.15) is 5.82 Å². The molecule has 6 heteroatoms. The largest absolute Gasteiger partial charge is 0.298 e. The third kappa shape index (κ3) is 3.94. The molecule has 0 saturated heterocycles. The summed E-state index contributed by atoms with van der Waals surface area (Å²) in [4.78, 5) is 14.7. The quantitative estimate of drug-likeness (QED) is 0.790. The summed E-state index contributed by atoms with van der Waals surface area (Å²) < 4.78 is 13.7. The van der Waals surface area contributed by atoms with Crippen LogP contribution in [-0.2, 0) is 4.79 Å². The smallest absolute Gasteiger partial charge is 0.257 e. The molecule has 3 rings (SSSR count). The van der Waals surface area contributed by atoms with Gasteiger partial charge in [0, 0.05) is 17.0 Å². The summed E-state index contributed by atoms with van der Waals surface area (Å²) in [5, 5.41) is 6.62. The molecule has 1 unspecified atom stereocenters. The molecule has 1 atom stereocenters. The van der Waals surface area contributed by atoms with Crippen molar-refractivity contribution in [2.45, 2.75) is 19.4 Å². The van der Waals surface area contributed by atoms with Crippen molar-refractivity contribution in [2.75, 3.05) is 20.1 Å². The maximum Gasteiger partial charge on any atom is 0.257 e. The number of likely N-dealkylation sites (N-methyl/N-ethyl adjacent to an activating group) is 1. The number of hydrogen-bond donors (Lipinski definition) is 0. The highest BCUT2D eigenvalue weighted by atomic mass is 35.5. The van der Waals surface area contributed by atoms with Crippen molar-refractivity contribution in [1.82, 2.24) is 9.91 Å². The maximum atomic E-state index is 13.7. The molecular formula is C20H21ClFN3O. The van der Waals surface area contributed by atoms with Gasteiger partial charge in [-0.25, -0.2) is 9.40 Å². The van der Waals surface area contributed by atoms with Gasteiger partial charge in [-0.1, -0.05) is 48.9 Å². The molecular weight excluding hydrogens is 353 g/mol. The molecule has 0 saturated carbocycles. The lowest BCUT2D eigenvalue weighted by molar-refractivity contribution is -0.133. The number of carbonyl (C=O) groups excluding carboxylic acids is 1. The Labute approximate surface area is 157 Å². The van der Waals surface area contributed by atoms with E-state index in [0.29, 0.717) is 11.4 Å². The van der Waals surface area contributed by atoms with Crippen LogP contribution in [0.5, 0.6) is 0 Å². The molecule has 0 aliphatic carbocycles. The van der Waals surface area contributed by atoms with E-state index in [1.54, 1.807) is 12.1 Å². The first-order valence-electron chi connectivity index (χ1n) is 8.58. The zero-order valence-electron chi connectivity index (χ0n) is 14.8. The predicted molar refractivity (Wildman–Crippen MR) is 102 cm³/mol. The van der Waals surface area contributed by atoms with Gasteiger partial charge in [-0.15, -0.1) is 0 Å². The number of hydrazone groups is 1. The van der Waals surface area contributed by atoms with E-state index >= 15 is 0 Å². The van der Waals surface area contributed by atoms with Gasteiger partial charge in [-0.2, -0.15) is 5.10 Å². The second-order valence-electron chi connectivity index (χ2n) is 6.37. The Morgan fingerprint density at radius 2 is 2.08 bits per heavy atom. The highest BCUT2D eigenvalue weighted by molar-refractivity contribution is 6.34. The summed E-state index contributed by atoms with van der Waals surface area (Å²) in [6, 6.07) is 13.4. The van der Waals surface area contributed by atoms with Crippen LogP contribution in [0.25, 0.3) is 0 Å². The van der Waals surface area contributed by atoms with Gasteiger partial charge in [0.05, 0.1) is 18.3 Å². The van der Waals surface area contributed by atoms with E-state index < -0.39 is 0 Å². The standard InChI is InChI=1S/C20H21ClFN3O/c1-3-24(2)13-20(26)25-19(14-7-6-8-15(22)11-14)12-18(23-25)16-9-4-5-10-17(16)21/h4-11,19H,3,12-13H2,1-2H3. The summed E-state index contributed by atoms with van der Waals surface area (Å²) in [5.41, 5.74) is 2.26. The Morgan fingerprint density at radius 1 is 1.31 bits per heavy atom. The average Bonchev–Trinajstić information content (AvgIpc) is 3.07. The summed E-state index contributed by atoms with van der Waals surface area (Å²) >= 11 is 6.30. The van der Waals surface area contributed by atoms with Crippen LogP contribution in [0.15, 0.2) is 53.6 Å². The maximum absolute atomic E-state index is 13.7. The van der Waals surface area contributed by atoms with E-state index in [2.05, 4.69) is 5.10 Å². The minimum absolute atomic E-state index is 0.120. The Bertz CT molecular complexity index is 839. The number of amides is 1. The van der Waals surface area contributed by atoms with Gasteiger partial charge < -0.3 is 0 Å². The fourth-order valence-corrected chi connectivity index (χ4v) is 3.23. The molecule has 0 radical (unpaired) electrons. The van der Waals surface area contributed by atoms with Crippen LogP contribution in [0, 0.1) is 5.82 Å². The van der Waals surface area contributed by atoms with E-state index in [-0.39, 0.29) is 24.3 Å². The number of halogens is 2. The van der Waals surface area contributed by atoms with E-state index in [1.165, 1.54) is 17.1 Å². The van der Waals surface area contributed by atoms with Crippen molar-refractivity contribution < 1.29 is 9.18 Å². The van der Waals surface area contributed by atoms with Crippen LogP contribution in [0.3, 0.4) is 0 Å². The zero-order chi connectivity index (χ0) is 18.7. The van der Waals surface area contributed by atoms with E-state index in [4.69, 9.17) is 11.6 Å². The second-order valence-corrected chi connectivity index (χ2v) is 6.78. The van der Waals surface area contributed by atoms with Crippen LogP contribution in [0.2, 0.25) is 5.02 Å². The van der Waals surface area contributed by atoms with Gasteiger partial charge in [-0.05, 0) is 37.4 Å². The molecule has 0 fully saturated rings. The molecule has 0 N–H and O–H groups in total. The molecule has 26 heavy (non-hydrogen) atoms. The third-order valence-electron chi connectivity index (χ3n) is 4.53. The molecule has 1 aliphatic rings. The van der Waals surface area contributed by atoms with E-state index in [1.807, 2.05) is 43.1 Å². The van der Waals surface area contributed by atoms with E-state index in [9.17, 15) is 9.18 Å². The van der Waals surface area contributed by atoms with Gasteiger partial charge in [0.15, 0.2) is 0 Å². The minimum atomic E-state index is -0.338. The van der Waals surface area contributed by atoms with Crippen molar-refractivity contribution in [3.8, 4) is 0 Å². The first-order chi connectivity index (χ1) is 12.5. The predicted octanol–water partition coefficient (Wildman–Crippen LogP) is 4.11. The second kappa shape index (κ2) is 7.98. The van der Waals surface area contributed by atoms with Crippen LogP contribution < -0.4 is 0 Å². The Hall–Kier alpha value is -2.24. The third-order valence-corrected chi connectivity index (χ3v) is 4.86. The van der Waals surface area contributed by atoms with Crippen LogP contribution in [-0.4, -0.2) is 41.7 Å². The van der Waals surface area contributed by atoms with Gasteiger partial charge in [-0.3, -0.25) is 9.69 Å². The minimum Gasteiger partial charge on any atom is -0.298 e. The molecule has 4 nitrogen and oxygen atoms in total. The summed E-state index contributed by atoms with van der Waals surface area (Å²) in [7, 11) is 1.88. The molecule has 1 amide bonds. The average molecular weight is 374 g/mol. The molecule has 0 spiro atoms. The van der Waals surface area contributed by atoms with Gasteiger partial charge in [0.25, 0.3) is 5.91 Å². The van der Waals surface area contributed by atoms with Gasteiger partial charge in [0.2, 0.25) is 0 Å². The molecule has 1 heterocycles. The van der Waals surface area contributed by atoms with Crippen LogP contribution >= 0.6 is 11.6 Å². The Kier molecular flexibility index (Phi) is 5.69. The monoisotopic (exact) mass is 373 g/mol. The molecule has 0 bridgehead atoms. The topological polar surface area (TPSA) is 35.9 Å². The van der Waals surface area contributed by atoms with Crippen molar-refractivity contribution >= 4 is 23.2 Å². The SMILES string of the molecule is CCN(C)CC(=O)N1N=C(c2ccccc2Cl)CC1c1cccc(F)c1. The summed E-state index contributed by atoms with van der Waals surface area (Å²) in [6.45, 7) is 2.99. The molecule has 2 aromatic rings. The summed E-state index contributed by atoms with van der Waals surface area (Å²) in [6.07, 6.45) is 0.495. The zero-order valence-corrected chi connectivity index (χ0v) is 15.6. The molecule has 1 aliphatic heterocycles. The van der Waals surface area contributed by atoms with Crippen molar-refractivity contribution in [3.05, 3.63) is 70.5 Å². The lowest BCUT2D eigenvalue weighted by Gasteiger charge is -2.24. The van der Waals surface area contributed by atoms with Crippen molar-refractivity contribution in [2.24, 2.45) is 5.10 Å². The number of benzene rings is 2. The first-order valence-corrected chi connectivity index (χ1v) is 8.95. The highest BCUT2D eigenvalue weighted by Gasteiger charge is 2.34. The number of rotatable bonds is 5. The van der Waals surface area contributed by atoms with Crippen molar-refractivity contribution in [3.63, 3.8) is 0 Å². The fourth-order valence-electron chi connectivity index (χ4n) is 2.99. The summed E-state index contributed by atoms with van der Waals surface area (Å²) in [5.74, 6) is -0.447. The fraction of sp³-hybridized carbons (Fsp3) is 0.300. The van der Waals surface area contributed by atoms with Crippen LogP contribution in [0.1, 0.15) is 30.5 Å². The molecule has 0 aromatic heterocycles.